The molecule has 0 aliphatic carbocycles. The summed E-state index contributed by atoms with van der Waals surface area (Å²) in [6, 6.07) is 8.68. The first-order chi connectivity index (χ1) is 9.31. The van der Waals surface area contributed by atoms with Gasteiger partial charge in [0.15, 0.2) is 0 Å². The van der Waals surface area contributed by atoms with Crippen LogP contribution in [0.4, 0.5) is 5.82 Å². The van der Waals surface area contributed by atoms with E-state index in [0.717, 1.165) is 31.7 Å². The number of hydrogen-bond acceptors (Lipinski definition) is 3. The van der Waals surface area contributed by atoms with Gasteiger partial charge in [0.05, 0.1) is 6.10 Å². The molecule has 0 amide bonds. The molecule has 19 heavy (non-hydrogen) atoms. The zero-order valence-electron chi connectivity index (χ0n) is 11.6. The van der Waals surface area contributed by atoms with Crippen molar-refractivity contribution in [3.05, 3.63) is 36.0 Å². The molecule has 0 spiro atoms. The fourth-order valence-electron chi connectivity index (χ4n) is 2.83. The number of aromatic nitrogens is 1. The molecule has 0 N–H and O–H groups in total. The van der Waals surface area contributed by atoms with Crippen molar-refractivity contribution in [1.82, 2.24) is 4.98 Å². The Morgan fingerprint density at radius 2 is 2.32 bits per heavy atom. The number of benzene rings is 1. The second kappa shape index (κ2) is 5.17. The molecule has 1 aromatic heterocycles. The summed E-state index contributed by atoms with van der Waals surface area (Å²) in [6.07, 6.45) is 4.50. The van der Waals surface area contributed by atoms with Crippen LogP contribution in [0.25, 0.3) is 10.8 Å². The Balaban J connectivity index is 1.94. The predicted octanol–water partition coefficient (Wildman–Crippen LogP) is 3.02. The number of ether oxygens (including phenoxy) is 1. The van der Waals surface area contributed by atoms with Crippen molar-refractivity contribution in [2.75, 3.05) is 25.1 Å². The predicted molar refractivity (Wildman–Crippen MR) is 78.7 cm³/mol. The van der Waals surface area contributed by atoms with E-state index >= 15 is 0 Å². The quantitative estimate of drug-likeness (QED) is 0.844. The van der Waals surface area contributed by atoms with E-state index in [2.05, 4.69) is 41.1 Å². The molecule has 2 heterocycles. The van der Waals surface area contributed by atoms with E-state index in [0.29, 0.717) is 6.10 Å². The van der Waals surface area contributed by atoms with Crippen molar-refractivity contribution < 1.29 is 4.74 Å². The van der Waals surface area contributed by atoms with Gasteiger partial charge in [0.25, 0.3) is 0 Å². The van der Waals surface area contributed by atoms with Gasteiger partial charge in [0.2, 0.25) is 0 Å². The van der Waals surface area contributed by atoms with E-state index in [1.165, 1.54) is 16.3 Å². The van der Waals surface area contributed by atoms with E-state index in [4.69, 9.17) is 4.74 Å². The van der Waals surface area contributed by atoms with Crippen LogP contribution in [0, 0.1) is 0 Å². The summed E-state index contributed by atoms with van der Waals surface area (Å²) in [7, 11) is 1.79. The van der Waals surface area contributed by atoms with E-state index in [9.17, 15) is 0 Å². The SMILES string of the molecule is CCc1cccc2cc(N3CC[C@@H](OC)C3)ncc12. The van der Waals surface area contributed by atoms with E-state index in [1.54, 1.807) is 7.11 Å². The molecule has 100 valence electrons. The second-order valence-electron chi connectivity index (χ2n) is 5.13. The van der Waals surface area contributed by atoms with E-state index in [-0.39, 0.29) is 0 Å². The van der Waals surface area contributed by atoms with Gasteiger partial charge in [0, 0.05) is 31.8 Å². The lowest BCUT2D eigenvalue weighted by molar-refractivity contribution is 0.121. The van der Waals surface area contributed by atoms with Gasteiger partial charge in [-0.05, 0) is 29.9 Å². The Morgan fingerprint density at radius 3 is 3.05 bits per heavy atom. The Bertz CT molecular complexity index is 582. The Labute approximate surface area is 114 Å². The van der Waals surface area contributed by atoms with Gasteiger partial charge in [-0.3, -0.25) is 0 Å². The molecule has 1 aromatic carbocycles. The molecule has 0 unspecified atom stereocenters. The third kappa shape index (κ3) is 2.30. The fraction of sp³-hybridized carbons (Fsp3) is 0.438. The number of rotatable bonds is 3. The lowest BCUT2D eigenvalue weighted by Gasteiger charge is -2.18. The number of fused-ring (bicyclic) bond motifs is 1. The molecule has 1 aliphatic heterocycles. The lowest BCUT2D eigenvalue weighted by Crippen LogP contribution is -2.22. The number of methoxy groups -OCH3 is 1. The first-order valence-corrected chi connectivity index (χ1v) is 6.97. The standard InChI is InChI=1S/C16H20N2O/c1-3-12-5-4-6-13-9-16(17-10-15(12)13)18-8-7-14(11-18)19-2/h4-6,9-10,14H,3,7-8,11H2,1-2H3/t14-/m1/s1. The summed E-state index contributed by atoms with van der Waals surface area (Å²) in [5.41, 5.74) is 1.37. The van der Waals surface area contributed by atoms with Gasteiger partial charge in [0.1, 0.15) is 5.82 Å². The van der Waals surface area contributed by atoms with Crippen LogP contribution in [-0.4, -0.2) is 31.3 Å². The minimum absolute atomic E-state index is 0.347. The van der Waals surface area contributed by atoms with Gasteiger partial charge in [-0.25, -0.2) is 4.98 Å². The van der Waals surface area contributed by atoms with Crippen LogP contribution in [0.1, 0.15) is 18.9 Å². The van der Waals surface area contributed by atoms with E-state index in [1.807, 2.05) is 6.20 Å². The number of hydrogen-bond donors (Lipinski definition) is 0. The van der Waals surface area contributed by atoms with Crippen LogP contribution in [0.2, 0.25) is 0 Å². The van der Waals surface area contributed by atoms with Crippen LogP contribution < -0.4 is 4.90 Å². The molecule has 1 fully saturated rings. The molecule has 0 bridgehead atoms. The molecule has 0 saturated carbocycles. The third-order valence-electron chi connectivity index (χ3n) is 4.02. The van der Waals surface area contributed by atoms with Crippen molar-refractivity contribution in [3.8, 4) is 0 Å². The zero-order chi connectivity index (χ0) is 13.2. The Morgan fingerprint density at radius 1 is 1.42 bits per heavy atom. The normalized spacial score (nSPS) is 19.3. The van der Waals surface area contributed by atoms with Crippen LogP contribution in [0.15, 0.2) is 30.5 Å². The molecule has 3 heteroatoms. The lowest BCUT2D eigenvalue weighted by atomic mass is 10.0. The maximum absolute atomic E-state index is 5.42. The number of anilines is 1. The summed E-state index contributed by atoms with van der Waals surface area (Å²) < 4.78 is 5.42. The maximum atomic E-state index is 5.42. The first-order valence-electron chi connectivity index (χ1n) is 6.97. The zero-order valence-corrected chi connectivity index (χ0v) is 11.6. The third-order valence-corrected chi connectivity index (χ3v) is 4.02. The molecule has 0 radical (unpaired) electrons. The molecule has 2 aromatic rings. The second-order valence-corrected chi connectivity index (χ2v) is 5.13. The highest BCUT2D eigenvalue weighted by atomic mass is 16.5. The van der Waals surface area contributed by atoms with Crippen LogP contribution in [0.3, 0.4) is 0 Å². The molecule has 1 saturated heterocycles. The van der Waals surface area contributed by atoms with E-state index < -0.39 is 0 Å². The topological polar surface area (TPSA) is 25.4 Å². The molecule has 1 atom stereocenters. The minimum Gasteiger partial charge on any atom is -0.380 e. The summed E-state index contributed by atoms with van der Waals surface area (Å²) >= 11 is 0. The molecule has 3 rings (SSSR count). The van der Waals surface area contributed by atoms with Gasteiger partial charge < -0.3 is 9.64 Å². The van der Waals surface area contributed by atoms with Gasteiger partial charge >= 0.3 is 0 Å². The number of aryl methyl sites for hydroxylation is 1. The fourth-order valence-corrected chi connectivity index (χ4v) is 2.83. The highest BCUT2D eigenvalue weighted by molar-refractivity contribution is 5.87. The minimum atomic E-state index is 0.347. The van der Waals surface area contributed by atoms with Gasteiger partial charge in [-0.1, -0.05) is 25.1 Å². The van der Waals surface area contributed by atoms with Crippen molar-refractivity contribution in [2.24, 2.45) is 0 Å². The van der Waals surface area contributed by atoms with Gasteiger partial charge in [-0.15, -0.1) is 0 Å². The maximum Gasteiger partial charge on any atom is 0.129 e. The molecular weight excluding hydrogens is 236 g/mol. The average Bonchev–Trinajstić information content (AvgIpc) is 2.95. The molecule has 1 aliphatic rings. The molecular formula is C16H20N2O. The highest BCUT2D eigenvalue weighted by Gasteiger charge is 2.23. The summed E-state index contributed by atoms with van der Waals surface area (Å²) in [5, 5.41) is 2.56. The first kappa shape index (κ1) is 12.4. The summed E-state index contributed by atoms with van der Waals surface area (Å²) in [6.45, 7) is 4.17. The Kier molecular flexibility index (Phi) is 3.38. The van der Waals surface area contributed by atoms with Crippen LogP contribution in [-0.2, 0) is 11.2 Å². The summed E-state index contributed by atoms with van der Waals surface area (Å²) in [5.74, 6) is 1.07. The number of nitrogens with zero attached hydrogens (tertiary/aromatic N) is 2. The van der Waals surface area contributed by atoms with Crippen molar-refractivity contribution in [1.29, 1.82) is 0 Å². The average molecular weight is 256 g/mol. The van der Waals surface area contributed by atoms with Crippen molar-refractivity contribution in [3.63, 3.8) is 0 Å². The number of pyridine rings is 1. The Hall–Kier alpha value is -1.61. The summed E-state index contributed by atoms with van der Waals surface area (Å²) in [4.78, 5) is 6.95. The van der Waals surface area contributed by atoms with Gasteiger partial charge in [-0.2, -0.15) is 0 Å². The highest BCUT2D eigenvalue weighted by Crippen LogP contribution is 2.25. The largest absolute Gasteiger partial charge is 0.380 e. The molecule has 3 nitrogen and oxygen atoms in total. The van der Waals surface area contributed by atoms with Crippen molar-refractivity contribution >= 4 is 16.6 Å². The monoisotopic (exact) mass is 256 g/mol. The smallest absolute Gasteiger partial charge is 0.129 e. The van der Waals surface area contributed by atoms with Crippen LogP contribution >= 0.6 is 0 Å². The van der Waals surface area contributed by atoms with Crippen LogP contribution in [0.5, 0.6) is 0 Å². The van der Waals surface area contributed by atoms with Crippen molar-refractivity contribution in [2.45, 2.75) is 25.9 Å².